The summed E-state index contributed by atoms with van der Waals surface area (Å²) in [6.45, 7) is 12.1. The summed E-state index contributed by atoms with van der Waals surface area (Å²) < 4.78 is 17.4. The van der Waals surface area contributed by atoms with E-state index in [4.69, 9.17) is 14.0 Å². The quantitative estimate of drug-likeness (QED) is 0.754. The molecule has 2 heterocycles. The van der Waals surface area contributed by atoms with Gasteiger partial charge in [0.15, 0.2) is 5.78 Å². The van der Waals surface area contributed by atoms with Crippen LogP contribution in [0.2, 0.25) is 0 Å². The van der Waals surface area contributed by atoms with Crippen LogP contribution in [0.1, 0.15) is 48.0 Å². The molecule has 1 aromatic rings. The lowest BCUT2D eigenvalue weighted by atomic mass is 9.80. The average molecular weight is 319 g/mol. The van der Waals surface area contributed by atoms with Crippen molar-refractivity contribution >= 4 is 18.4 Å². The Balaban J connectivity index is 1.94. The predicted molar refractivity (Wildman–Crippen MR) is 89.9 cm³/mol. The Labute approximate surface area is 138 Å². The minimum Gasteiger partial charge on any atom is -0.470 e. The van der Waals surface area contributed by atoms with Crippen LogP contribution in [0.15, 0.2) is 18.3 Å². The van der Waals surface area contributed by atoms with Gasteiger partial charge in [-0.2, -0.15) is 0 Å². The van der Waals surface area contributed by atoms with Gasteiger partial charge in [0.1, 0.15) is 6.61 Å². The van der Waals surface area contributed by atoms with Crippen LogP contribution in [-0.4, -0.2) is 35.7 Å². The summed E-state index contributed by atoms with van der Waals surface area (Å²) in [5, 5.41) is 0. The fourth-order valence-electron chi connectivity index (χ4n) is 2.26. The van der Waals surface area contributed by atoms with Crippen molar-refractivity contribution in [2.45, 2.75) is 59.2 Å². The molecule has 0 N–H and O–H groups in total. The lowest BCUT2D eigenvalue weighted by Gasteiger charge is -2.32. The van der Waals surface area contributed by atoms with Gasteiger partial charge >= 0.3 is 7.12 Å². The molecule has 1 fully saturated rings. The summed E-state index contributed by atoms with van der Waals surface area (Å²) in [5.41, 5.74) is 0.0798. The van der Waals surface area contributed by atoms with Crippen molar-refractivity contribution in [3.63, 3.8) is 0 Å². The fraction of sp³-hybridized carbons (Fsp3) is 0.647. The highest BCUT2D eigenvalue weighted by Crippen LogP contribution is 2.36. The highest BCUT2D eigenvalue weighted by atomic mass is 16.7. The van der Waals surface area contributed by atoms with Gasteiger partial charge in [0, 0.05) is 18.1 Å². The molecule has 0 bridgehead atoms. The Morgan fingerprint density at radius 3 is 2.30 bits per heavy atom. The smallest absolute Gasteiger partial charge is 0.470 e. The van der Waals surface area contributed by atoms with Crippen molar-refractivity contribution in [2.24, 2.45) is 5.92 Å². The van der Waals surface area contributed by atoms with E-state index in [1.165, 1.54) is 0 Å². The molecule has 0 spiro atoms. The first-order valence-electron chi connectivity index (χ1n) is 8.07. The molecule has 0 radical (unpaired) electrons. The van der Waals surface area contributed by atoms with Crippen molar-refractivity contribution in [3.8, 4) is 5.88 Å². The molecule has 126 valence electrons. The number of ether oxygens (including phenoxy) is 1. The number of Topliss-reactive ketones (excluding diaryl/α,β-unsaturated/α-hetero) is 1. The number of ketones is 1. The van der Waals surface area contributed by atoms with E-state index >= 15 is 0 Å². The van der Waals surface area contributed by atoms with Gasteiger partial charge in [0.05, 0.1) is 11.2 Å². The zero-order valence-electron chi connectivity index (χ0n) is 14.9. The molecular weight excluding hydrogens is 293 g/mol. The fourth-order valence-corrected chi connectivity index (χ4v) is 2.26. The largest absolute Gasteiger partial charge is 0.496 e. The van der Waals surface area contributed by atoms with E-state index in [9.17, 15) is 4.79 Å². The number of aromatic nitrogens is 1. The highest BCUT2D eigenvalue weighted by molar-refractivity contribution is 6.62. The molecule has 0 atom stereocenters. The van der Waals surface area contributed by atoms with Gasteiger partial charge < -0.3 is 14.0 Å². The molecule has 0 aliphatic carbocycles. The molecule has 2 rings (SSSR count). The summed E-state index contributed by atoms with van der Waals surface area (Å²) in [6.07, 6.45) is 2.19. The van der Waals surface area contributed by atoms with Crippen molar-refractivity contribution < 1.29 is 18.8 Å². The zero-order valence-corrected chi connectivity index (χ0v) is 14.9. The minimum absolute atomic E-state index is 0.0566. The number of hydrogen-bond acceptors (Lipinski definition) is 5. The van der Waals surface area contributed by atoms with E-state index in [1.807, 2.05) is 47.6 Å². The highest BCUT2D eigenvalue weighted by Gasteiger charge is 2.51. The molecule has 1 aromatic heterocycles. The van der Waals surface area contributed by atoms with Crippen molar-refractivity contribution in [1.29, 1.82) is 0 Å². The summed E-state index contributed by atoms with van der Waals surface area (Å²) in [5.74, 6) is 0.851. The summed E-state index contributed by atoms with van der Waals surface area (Å²) in [7, 11) is -0.441. The lowest BCUT2D eigenvalue weighted by molar-refractivity contribution is -0.121. The summed E-state index contributed by atoms with van der Waals surface area (Å²) in [6, 6.07) is 3.60. The van der Waals surface area contributed by atoms with Gasteiger partial charge in [-0.3, -0.25) is 4.79 Å². The molecule has 1 saturated heterocycles. The van der Waals surface area contributed by atoms with E-state index in [0.717, 1.165) is 5.46 Å². The van der Waals surface area contributed by atoms with E-state index in [2.05, 4.69) is 4.98 Å². The molecule has 6 heteroatoms. The standard InChI is InChI=1S/C17H26BNO4/c1-12(2)9-14(20)11-21-15-8-7-13(10-19-15)18-22-16(3,4)17(5,6)23-18/h7-8,10,12H,9,11H2,1-6H3. The van der Waals surface area contributed by atoms with Gasteiger partial charge in [-0.25, -0.2) is 4.98 Å². The van der Waals surface area contributed by atoms with Crippen LogP contribution in [0.25, 0.3) is 0 Å². The Morgan fingerprint density at radius 1 is 1.22 bits per heavy atom. The maximum Gasteiger partial charge on any atom is 0.496 e. The zero-order chi connectivity index (χ0) is 17.3. The third kappa shape index (κ3) is 4.33. The monoisotopic (exact) mass is 319 g/mol. The first-order valence-corrected chi connectivity index (χ1v) is 8.07. The molecule has 5 nitrogen and oxygen atoms in total. The van der Waals surface area contributed by atoms with E-state index < -0.39 is 7.12 Å². The molecule has 0 amide bonds. The van der Waals surface area contributed by atoms with Crippen LogP contribution in [-0.2, 0) is 14.1 Å². The van der Waals surface area contributed by atoms with Gasteiger partial charge in [0.25, 0.3) is 0 Å². The molecule has 0 saturated carbocycles. The summed E-state index contributed by atoms with van der Waals surface area (Å²) in [4.78, 5) is 15.9. The maximum atomic E-state index is 11.7. The van der Waals surface area contributed by atoms with Gasteiger partial charge in [-0.1, -0.05) is 19.9 Å². The Kier molecular flexibility index (Phi) is 5.16. The molecular formula is C17H26BNO4. The van der Waals surface area contributed by atoms with Crippen LogP contribution in [0, 0.1) is 5.92 Å². The number of hydrogen-bond donors (Lipinski definition) is 0. The third-order valence-electron chi connectivity index (χ3n) is 4.30. The van der Waals surface area contributed by atoms with Crippen LogP contribution in [0.4, 0.5) is 0 Å². The van der Waals surface area contributed by atoms with Gasteiger partial charge in [0.2, 0.25) is 5.88 Å². The Hall–Kier alpha value is -1.40. The molecule has 23 heavy (non-hydrogen) atoms. The molecule has 0 unspecified atom stereocenters. The SMILES string of the molecule is CC(C)CC(=O)COc1ccc(B2OC(C)(C)C(C)(C)O2)cn1. The van der Waals surface area contributed by atoms with Crippen LogP contribution in [0.5, 0.6) is 5.88 Å². The maximum absolute atomic E-state index is 11.7. The second-order valence-electron chi connectivity index (χ2n) is 7.44. The van der Waals surface area contributed by atoms with Crippen LogP contribution < -0.4 is 10.2 Å². The van der Waals surface area contributed by atoms with Crippen molar-refractivity contribution in [3.05, 3.63) is 18.3 Å². The van der Waals surface area contributed by atoms with E-state index in [-0.39, 0.29) is 23.6 Å². The van der Waals surface area contributed by atoms with Gasteiger partial charge in [-0.15, -0.1) is 0 Å². The first kappa shape index (κ1) is 18.0. The van der Waals surface area contributed by atoms with Crippen molar-refractivity contribution in [1.82, 2.24) is 4.98 Å². The normalized spacial score (nSPS) is 19.2. The Bertz CT molecular complexity index is 538. The van der Waals surface area contributed by atoms with E-state index in [1.54, 1.807) is 12.3 Å². The van der Waals surface area contributed by atoms with Gasteiger partial charge in [-0.05, 0) is 39.7 Å². The van der Waals surface area contributed by atoms with Crippen LogP contribution in [0.3, 0.4) is 0 Å². The van der Waals surface area contributed by atoms with Crippen molar-refractivity contribution in [2.75, 3.05) is 6.61 Å². The second-order valence-corrected chi connectivity index (χ2v) is 7.44. The topological polar surface area (TPSA) is 57.7 Å². The predicted octanol–water partition coefficient (Wildman–Crippen LogP) is 2.37. The number of rotatable bonds is 6. The summed E-state index contributed by atoms with van der Waals surface area (Å²) >= 11 is 0. The molecule has 1 aliphatic heterocycles. The Morgan fingerprint density at radius 2 is 1.83 bits per heavy atom. The second kappa shape index (κ2) is 6.61. The lowest BCUT2D eigenvalue weighted by Crippen LogP contribution is -2.41. The third-order valence-corrected chi connectivity index (χ3v) is 4.30. The minimum atomic E-state index is -0.441. The number of nitrogens with zero attached hydrogens (tertiary/aromatic N) is 1. The molecule has 1 aliphatic rings. The molecule has 0 aromatic carbocycles. The van der Waals surface area contributed by atoms with E-state index in [0.29, 0.717) is 18.2 Å². The number of carbonyl (C=O) groups is 1. The number of carbonyl (C=O) groups excluding carboxylic acids is 1. The number of pyridine rings is 1. The average Bonchev–Trinajstić information content (AvgIpc) is 2.65. The van der Waals surface area contributed by atoms with Crippen LogP contribution >= 0.6 is 0 Å². The first-order chi connectivity index (χ1) is 10.6.